The topological polar surface area (TPSA) is 38.7 Å². The van der Waals surface area contributed by atoms with Crippen molar-refractivity contribution in [1.82, 2.24) is 0 Å². The molecule has 1 N–H and O–H groups in total. The molecule has 120 valence electrons. The number of methoxy groups -OCH3 is 1. The second-order valence-electron chi connectivity index (χ2n) is 4.39. The lowest BCUT2D eigenvalue weighted by molar-refractivity contribution is -0.170. The fourth-order valence-corrected chi connectivity index (χ4v) is 1.81. The molecule has 1 atom stereocenters. The summed E-state index contributed by atoms with van der Waals surface area (Å²) in [5.74, 6) is -3.76. The monoisotopic (exact) mass is 330 g/mol. The second-order valence-corrected chi connectivity index (χ2v) is 4.83. The molecule has 0 aliphatic heterocycles. The number of hydrogen-bond donors (Lipinski definition) is 1. The highest BCUT2D eigenvalue weighted by atomic mass is 35.5. The summed E-state index contributed by atoms with van der Waals surface area (Å²) in [5, 5.41) is 10.1. The minimum Gasteiger partial charge on any atom is -0.496 e. The van der Waals surface area contributed by atoms with Gasteiger partial charge in [0.15, 0.2) is 0 Å². The maximum atomic E-state index is 12.6. The van der Waals surface area contributed by atoms with E-state index >= 15 is 0 Å². The van der Waals surface area contributed by atoms with Crippen molar-refractivity contribution in [3.8, 4) is 5.75 Å². The first-order chi connectivity index (χ1) is 9.76. The molecule has 3 nitrogen and oxygen atoms in total. The second kappa shape index (κ2) is 7.82. The van der Waals surface area contributed by atoms with Crippen molar-refractivity contribution in [1.29, 1.82) is 0 Å². The summed E-state index contributed by atoms with van der Waals surface area (Å²) in [5.41, 5.74) is 0.557. The summed E-state index contributed by atoms with van der Waals surface area (Å²) in [4.78, 5) is 0. The lowest BCUT2D eigenvalue weighted by Crippen LogP contribution is -2.34. The normalized spacial score (nSPS) is 13.5. The van der Waals surface area contributed by atoms with Gasteiger partial charge in [-0.2, -0.15) is 8.78 Å². The van der Waals surface area contributed by atoms with Gasteiger partial charge in [0, 0.05) is 11.4 Å². The van der Waals surface area contributed by atoms with Crippen LogP contribution in [-0.2, 0) is 11.2 Å². The van der Waals surface area contributed by atoms with Crippen LogP contribution in [0.1, 0.15) is 5.56 Å². The summed E-state index contributed by atoms with van der Waals surface area (Å²) in [7, 11) is 1.43. The molecule has 0 aliphatic rings. The first kappa shape index (κ1) is 18.0. The molecule has 0 aliphatic carbocycles. The smallest absolute Gasteiger partial charge is 0.330 e. The Labute approximate surface area is 124 Å². The third-order valence-electron chi connectivity index (χ3n) is 2.62. The van der Waals surface area contributed by atoms with E-state index in [1.807, 2.05) is 0 Å². The summed E-state index contributed by atoms with van der Waals surface area (Å²) in [6, 6.07) is 4.74. The molecule has 1 rings (SSSR count). The molecule has 0 saturated carbocycles. The molecule has 21 heavy (non-hydrogen) atoms. The van der Waals surface area contributed by atoms with Crippen LogP contribution in [0.25, 0.3) is 0 Å². The minimum absolute atomic E-state index is 0.0317. The van der Waals surface area contributed by atoms with Gasteiger partial charge in [-0.3, -0.25) is 0 Å². The summed E-state index contributed by atoms with van der Waals surface area (Å²) >= 11 is 5.81. The fraction of sp³-hybridized carbons (Fsp3) is 0.538. The van der Waals surface area contributed by atoms with Crippen LogP contribution < -0.4 is 4.74 Å². The van der Waals surface area contributed by atoms with E-state index < -0.39 is 31.7 Å². The number of halogens is 5. The largest absolute Gasteiger partial charge is 0.496 e. The number of alkyl halides is 4. The van der Waals surface area contributed by atoms with E-state index in [0.29, 0.717) is 16.3 Å². The summed E-state index contributed by atoms with van der Waals surface area (Å²) in [6.07, 6.45) is -4.92. The molecule has 0 aromatic heterocycles. The lowest BCUT2D eigenvalue weighted by atomic mass is 10.1. The number of ether oxygens (including phenoxy) is 2. The van der Waals surface area contributed by atoms with Crippen LogP contribution in [0.4, 0.5) is 17.6 Å². The summed E-state index contributed by atoms with van der Waals surface area (Å²) < 4.78 is 58.5. The molecule has 0 bridgehead atoms. The van der Waals surface area contributed by atoms with E-state index in [9.17, 15) is 22.7 Å². The van der Waals surface area contributed by atoms with Crippen molar-refractivity contribution >= 4 is 11.6 Å². The van der Waals surface area contributed by atoms with Gasteiger partial charge < -0.3 is 14.6 Å². The Hall–Kier alpha value is -1.05. The Kier molecular flexibility index (Phi) is 6.70. The molecule has 1 unspecified atom stereocenters. The van der Waals surface area contributed by atoms with Crippen molar-refractivity contribution in [2.45, 2.75) is 24.9 Å². The first-order valence-corrected chi connectivity index (χ1v) is 6.38. The van der Waals surface area contributed by atoms with E-state index in [1.165, 1.54) is 7.11 Å². The third kappa shape index (κ3) is 5.68. The standard InChI is InChI=1S/C13H15ClF4O3/c1-20-11-3-2-9(14)4-8(11)5-10(19)6-21-7-13(17,18)12(15)16/h2-4,10,12,19H,5-7H2,1H3. The molecule has 1 aromatic rings. The maximum Gasteiger partial charge on any atom is 0.330 e. The van der Waals surface area contributed by atoms with Crippen LogP contribution >= 0.6 is 11.6 Å². The maximum absolute atomic E-state index is 12.6. The average Bonchev–Trinajstić information content (AvgIpc) is 2.38. The van der Waals surface area contributed by atoms with Gasteiger partial charge in [0.25, 0.3) is 0 Å². The van der Waals surface area contributed by atoms with Gasteiger partial charge in [-0.15, -0.1) is 0 Å². The highest BCUT2D eigenvalue weighted by Crippen LogP contribution is 2.25. The Balaban J connectivity index is 2.51. The zero-order chi connectivity index (χ0) is 16.0. The Morgan fingerprint density at radius 1 is 1.33 bits per heavy atom. The van der Waals surface area contributed by atoms with E-state index in [1.54, 1.807) is 18.2 Å². The van der Waals surface area contributed by atoms with Crippen LogP contribution in [0.2, 0.25) is 5.02 Å². The van der Waals surface area contributed by atoms with Gasteiger partial charge in [0.05, 0.1) is 19.8 Å². The molecule has 0 amide bonds. The van der Waals surface area contributed by atoms with E-state index in [4.69, 9.17) is 16.3 Å². The van der Waals surface area contributed by atoms with E-state index in [2.05, 4.69) is 4.74 Å². The van der Waals surface area contributed by atoms with Crippen LogP contribution in [0.15, 0.2) is 18.2 Å². The van der Waals surface area contributed by atoms with Crippen LogP contribution in [0.5, 0.6) is 5.75 Å². The zero-order valence-corrected chi connectivity index (χ0v) is 11.9. The Morgan fingerprint density at radius 3 is 2.57 bits per heavy atom. The van der Waals surface area contributed by atoms with Crippen molar-refractivity contribution < 1.29 is 32.1 Å². The van der Waals surface area contributed by atoms with Gasteiger partial charge in [-0.05, 0) is 23.8 Å². The molecule has 0 fully saturated rings. The SMILES string of the molecule is COc1ccc(Cl)cc1CC(O)COCC(F)(F)C(F)F. The van der Waals surface area contributed by atoms with Crippen LogP contribution in [-0.4, -0.2) is 43.9 Å². The molecule has 0 spiro atoms. The Morgan fingerprint density at radius 2 is 2.00 bits per heavy atom. The summed E-state index contributed by atoms with van der Waals surface area (Å²) in [6.45, 7) is -1.95. The molecule has 0 radical (unpaired) electrons. The number of hydrogen-bond acceptors (Lipinski definition) is 3. The molecule has 1 aromatic carbocycles. The van der Waals surface area contributed by atoms with Gasteiger partial charge in [0.1, 0.15) is 12.4 Å². The van der Waals surface area contributed by atoms with Crippen molar-refractivity contribution in [3.63, 3.8) is 0 Å². The first-order valence-electron chi connectivity index (χ1n) is 6.00. The van der Waals surface area contributed by atoms with Crippen molar-refractivity contribution in [2.75, 3.05) is 20.3 Å². The number of rotatable bonds is 8. The van der Waals surface area contributed by atoms with Crippen LogP contribution in [0, 0.1) is 0 Å². The predicted octanol–water partition coefficient (Wildman–Crippen LogP) is 3.17. The minimum atomic E-state index is -4.23. The molecule has 8 heteroatoms. The van der Waals surface area contributed by atoms with Gasteiger partial charge >= 0.3 is 12.3 Å². The lowest BCUT2D eigenvalue weighted by Gasteiger charge is -2.18. The molecule has 0 saturated heterocycles. The van der Waals surface area contributed by atoms with Crippen LogP contribution in [0.3, 0.4) is 0 Å². The third-order valence-corrected chi connectivity index (χ3v) is 2.86. The average molecular weight is 331 g/mol. The van der Waals surface area contributed by atoms with Gasteiger partial charge in [-0.1, -0.05) is 11.6 Å². The van der Waals surface area contributed by atoms with Gasteiger partial charge in [-0.25, -0.2) is 8.78 Å². The molecule has 0 heterocycles. The van der Waals surface area contributed by atoms with Crippen molar-refractivity contribution in [3.05, 3.63) is 28.8 Å². The van der Waals surface area contributed by atoms with E-state index in [-0.39, 0.29) is 6.42 Å². The highest BCUT2D eigenvalue weighted by molar-refractivity contribution is 6.30. The molecular weight excluding hydrogens is 316 g/mol. The number of benzene rings is 1. The highest BCUT2D eigenvalue weighted by Gasteiger charge is 2.41. The fourth-order valence-electron chi connectivity index (χ4n) is 1.61. The van der Waals surface area contributed by atoms with Crippen molar-refractivity contribution in [2.24, 2.45) is 0 Å². The van der Waals surface area contributed by atoms with Gasteiger partial charge in [0.2, 0.25) is 0 Å². The number of aliphatic hydroxyl groups is 1. The zero-order valence-electron chi connectivity index (χ0n) is 11.2. The van der Waals surface area contributed by atoms with E-state index in [0.717, 1.165) is 0 Å². The Bertz CT molecular complexity index is 457. The quantitative estimate of drug-likeness (QED) is 0.744. The molecular formula is C13H15ClF4O3. The predicted molar refractivity (Wildman–Crippen MR) is 69.5 cm³/mol. The number of aliphatic hydroxyl groups excluding tert-OH is 1.